The number of aryl methyl sites for hydroxylation is 2. The Morgan fingerprint density at radius 2 is 2.00 bits per heavy atom. The molecule has 1 aromatic rings. The van der Waals surface area contributed by atoms with E-state index in [4.69, 9.17) is 9.26 Å². The topological polar surface area (TPSA) is 58.8 Å². The van der Waals surface area contributed by atoms with Crippen molar-refractivity contribution in [1.29, 1.82) is 0 Å². The molecule has 2 aliphatic rings. The summed E-state index contributed by atoms with van der Waals surface area (Å²) < 4.78 is 10.7. The Balaban J connectivity index is 1.76. The minimum Gasteiger partial charge on any atom is -0.379 e. The molecule has 2 aliphatic heterocycles. The van der Waals surface area contributed by atoms with Crippen LogP contribution in [0.15, 0.2) is 4.52 Å². The van der Waals surface area contributed by atoms with E-state index in [2.05, 4.69) is 17.0 Å². The summed E-state index contributed by atoms with van der Waals surface area (Å²) in [7, 11) is 0. The number of aromatic nitrogens is 1. The molecule has 0 aromatic carbocycles. The number of ether oxygens (including phenoxy) is 1. The Kier molecular flexibility index (Phi) is 5.02. The second-order valence-corrected chi connectivity index (χ2v) is 6.51. The van der Waals surface area contributed by atoms with Crippen molar-refractivity contribution in [1.82, 2.24) is 15.0 Å². The summed E-state index contributed by atoms with van der Waals surface area (Å²) in [6, 6.07) is 0.443. The van der Waals surface area contributed by atoms with Gasteiger partial charge in [0.15, 0.2) is 0 Å². The summed E-state index contributed by atoms with van der Waals surface area (Å²) >= 11 is 0. The average molecular weight is 321 g/mol. The van der Waals surface area contributed by atoms with Gasteiger partial charge in [0.2, 0.25) is 0 Å². The van der Waals surface area contributed by atoms with Crippen molar-refractivity contribution in [3.05, 3.63) is 17.0 Å². The van der Waals surface area contributed by atoms with Crippen LogP contribution in [0.2, 0.25) is 0 Å². The van der Waals surface area contributed by atoms with Gasteiger partial charge in [-0.2, -0.15) is 0 Å². The van der Waals surface area contributed by atoms with Crippen LogP contribution in [0, 0.1) is 12.8 Å². The molecule has 2 saturated heterocycles. The number of nitrogens with zero attached hydrogens (tertiary/aromatic N) is 3. The third-order valence-corrected chi connectivity index (χ3v) is 5.21. The molecule has 23 heavy (non-hydrogen) atoms. The second kappa shape index (κ2) is 7.01. The number of morpholine rings is 1. The number of carbonyl (C=O) groups excluding carboxylic acids is 1. The number of carbonyl (C=O) groups is 1. The Morgan fingerprint density at radius 1 is 1.26 bits per heavy atom. The van der Waals surface area contributed by atoms with Gasteiger partial charge in [-0.25, -0.2) is 0 Å². The summed E-state index contributed by atoms with van der Waals surface area (Å²) in [5, 5.41) is 4.03. The molecular formula is C17H27N3O3. The van der Waals surface area contributed by atoms with Crippen LogP contribution in [0.4, 0.5) is 0 Å². The van der Waals surface area contributed by atoms with Crippen molar-refractivity contribution in [3.63, 3.8) is 0 Å². The van der Waals surface area contributed by atoms with Crippen molar-refractivity contribution in [2.75, 3.05) is 39.4 Å². The highest BCUT2D eigenvalue weighted by Crippen LogP contribution is 2.28. The van der Waals surface area contributed by atoms with Gasteiger partial charge < -0.3 is 14.2 Å². The maximum Gasteiger partial charge on any atom is 0.259 e. The fourth-order valence-electron chi connectivity index (χ4n) is 3.84. The first-order chi connectivity index (χ1) is 11.2. The van der Waals surface area contributed by atoms with E-state index in [1.165, 1.54) is 0 Å². The van der Waals surface area contributed by atoms with Gasteiger partial charge in [-0.1, -0.05) is 25.4 Å². The minimum absolute atomic E-state index is 0.0785. The number of likely N-dealkylation sites (tertiary alicyclic amines) is 1. The van der Waals surface area contributed by atoms with E-state index in [1.807, 2.05) is 18.7 Å². The van der Waals surface area contributed by atoms with Crippen molar-refractivity contribution in [3.8, 4) is 0 Å². The van der Waals surface area contributed by atoms with Gasteiger partial charge in [-0.3, -0.25) is 9.69 Å². The van der Waals surface area contributed by atoms with Crippen LogP contribution in [0.1, 0.15) is 42.1 Å². The SMILES string of the molecule is CCc1noc(C)c1C(=O)N1C[C@@H](CC)[C@@H](N2CCOCC2)C1. The number of hydrogen-bond acceptors (Lipinski definition) is 5. The molecule has 0 unspecified atom stereocenters. The zero-order valence-corrected chi connectivity index (χ0v) is 14.4. The molecule has 0 radical (unpaired) electrons. The van der Waals surface area contributed by atoms with Crippen LogP contribution in [-0.4, -0.2) is 66.3 Å². The molecule has 3 heterocycles. The first-order valence-electron chi connectivity index (χ1n) is 8.71. The van der Waals surface area contributed by atoms with Gasteiger partial charge in [0, 0.05) is 32.2 Å². The average Bonchev–Trinajstić information content (AvgIpc) is 3.18. The standard InChI is InChI=1S/C17H27N3O3/c1-4-13-10-20(11-15(13)19-6-8-22-9-7-19)17(21)16-12(3)23-18-14(16)5-2/h13,15H,4-11H2,1-3H3/t13-,15+/m1/s1. The number of amides is 1. The predicted octanol–water partition coefficient (Wildman–Crippen LogP) is 1.73. The zero-order chi connectivity index (χ0) is 16.4. The van der Waals surface area contributed by atoms with E-state index in [0.29, 0.717) is 23.3 Å². The van der Waals surface area contributed by atoms with Crippen molar-refractivity contribution in [2.24, 2.45) is 5.92 Å². The van der Waals surface area contributed by atoms with Crippen LogP contribution in [0.3, 0.4) is 0 Å². The molecule has 0 aliphatic carbocycles. The molecule has 0 N–H and O–H groups in total. The molecule has 0 saturated carbocycles. The maximum atomic E-state index is 13.0. The lowest BCUT2D eigenvalue weighted by molar-refractivity contribution is 0.0103. The summed E-state index contributed by atoms with van der Waals surface area (Å²) in [5.41, 5.74) is 1.44. The second-order valence-electron chi connectivity index (χ2n) is 6.51. The molecule has 2 atom stereocenters. The van der Waals surface area contributed by atoms with E-state index in [1.54, 1.807) is 0 Å². The number of hydrogen-bond donors (Lipinski definition) is 0. The lowest BCUT2D eigenvalue weighted by Crippen LogP contribution is -2.47. The lowest BCUT2D eigenvalue weighted by atomic mass is 9.99. The van der Waals surface area contributed by atoms with Crippen molar-refractivity contribution in [2.45, 2.75) is 39.7 Å². The van der Waals surface area contributed by atoms with Crippen molar-refractivity contribution < 1.29 is 14.1 Å². The largest absolute Gasteiger partial charge is 0.379 e. The predicted molar refractivity (Wildman–Crippen MR) is 86.5 cm³/mol. The molecule has 2 fully saturated rings. The third-order valence-electron chi connectivity index (χ3n) is 5.21. The highest BCUT2D eigenvalue weighted by molar-refractivity contribution is 5.96. The van der Waals surface area contributed by atoms with Gasteiger partial charge in [0.05, 0.1) is 18.9 Å². The van der Waals surface area contributed by atoms with Gasteiger partial charge in [0.1, 0.15) is 11.3 Å². The van der Waals surface area contributed by atoms with Crippen molar-refractivity contribution >= 4 is 5.91 Å². The number of rotatable bonds is 4. The highest BCUT2D eigenvalue weighted by atomic mass is 16.5. The summed E-state index contributed by atoms with van der Waals surface area (Å²) in [6.45, 7) is 11.2. The van der Waals surface area contributed by atoms with E-state index in [0.717, 1.165) is 57.9 Å². The van der Waals surface area contributed by atoms with Crippen LogP contribution >= 0.6 is 0 Å². The summed E-state index contributed by atoms with van der Waals surface area (Å²) in [6.07, 6.45) is 1.81. The van der Waals surface area contributed by atoms with Gasteiger partial charge >= 0.3 is 0 Å². The minimum atomic E-state index is 0.0785. The monoisotopic (exact) mass is 321 g/mol. The molecule has 1 amide bonds. The fraction of sp³-hybridized carbons (Fsp3) is 0.765. The summed E-state index contributed by atoms with van der Waals surface area (Å²) in [5.74, 6) is 1.24. The Labute approximate surface area is 137 Å². The Morgan fingerprint density at radius 3 is 2.65 bits per heavy atom. The molecule has 6 nitrogen and oxygen atoms in total. The molecule has 0 spiro atoms. The van der Waals surface area contributed by atoms with Gasteiger partial charge in [0.25, 0.3) is 5.91 Å². The van der Waals surface area contributed by atoms with Crippen LogP contribution in [0.5, 0.6) is 0 Å². The van der Waals surface area contributed by atoms with E-state index < -0.39 is 0 Å². The zero-order valence-electron chi connectivity index (χ0n) is 14.4. The molecule has 1 aromatic heterocycles. The fourth-order valence-corrected chi connectivity index (χ4v) is 3.84. The van der Waals surface area contributed by atoms with E-state index >= 15 is 0 Å². The lowest BCUT2D eigenvalue weighted by Gasteiger charge is -2.34. The highest BCUT2D eigenvalue weighted by Gasteiger charge is 2.39. The van der Waals surface area contributed by atoms with Crippen LogP contribution in [0.25, 0.3) is 0 Å². The Hall–Kier alpha value is -1.40. The first-order valence-corrected chi connectivity index (χ1v) is 8.71. The summed E-state index contributed by atoms with van der Waals surface area (Å²) in [4.78, 5) is 17.5. The van der Waals surface area contributed by atoms with E-state index in [-0.39, 0.29) is 5.91 Å². The maximum absolute atomic E-state index is 13.0. The smallest absolute Gasteiger partial charge is 0.259 e. The first kappa shape index (κ1) is 16.5. The third kappa shape index (κ3) is 3.15. The molecule has 128 valence electrons. The molecule has 6 heteroatoms. The van der Waals surface area contributed by atoms with Crippen LogP contribution in [-0.2, 0) is 11.2 Å². The van der Waals surface area contributed by atoms with Crippen LogP contribution < -0.4 is 0 Å². The quantitative estimate of drug-likeness (QED) is 0.845. The Bertz CT molecular complexity index is 551. The molecule has 3 rings (SSSR count). The van der Waals surface area contributed by atoms with E-state index in [9.17, 15) is 4.79 Å². The molecular weight excluding hydrogens is 294 g/mol. The normalized spacial score (nSPS) is 26.0. The van der Waals surface area contributed by atoms with Gasteiger partial charge in [-0.15, -0.1) is 0 Å². The van der Waals surface area contributed by atoms with Gasteiger partial charge in [-0.05, 0) is 19.3 Å². The molecule has 0 bridgehead atoms.